The predicted octanol–water partition coefficient (Wildman–Crippen LogP) is 4.76. The molecule has 0 radical (unpaired) electrons. The Hall–Kier alpha value is -2.17. The molecule has 2 aromatic carbocycles. The van der Waals surface area contributed by atoms with Gasteiger partial charge < -0.3 is 4.74 Å². The molecule has 0 fully saturated rings. The second-order valence-corrected chi connectivity index (χ2v) is 6.85. The number of ether oxygens (including phenoxy) is 1. The van der Waals surface area contributed by atoms with E-state index in [1.54, 1.807) is 18.4 Å². The zero-order valence-corrected chi connectivity index (χ0v) is 15.1. The monoisotopic (exact) mass is 338 g/mol. The van der Waals surface area contributed by atoms with E-state index in [-0.39, 0.29) is 0 Å². The lowest BCUT2D eigenvalue weighted by Gasteiger charge is -2.17. The van der Waals surface area contributed by atoms with Crippen LogP contribution in [-0.2, 0) is 13.1 Å². The molecular weight excluding hydrogens is 316 g/mol. The first-order valence-corrected chi connectivity index (χ1v) is 8.85. The van der Waals surface area contributed by atoms with E-state index in [1.807, 2.05) is 18.2 Å². The van der Waals surface area contributed by atoms with Crippen molar-refractivity contribution < 1.29 is 4.74 Å². The Labute approximate surface area is 147 Å². The summed E-state index contributed by atoms with van der Waals surface area (Å²) in [6, 6.07) is 16.7. The summed E-state index contributed by atoms with van der Waals surface area (Å²) >= 11 is 1.70. The van der Waals surface area contributed by atoms with Crippen LogP contribution in [-0.4, -0.2) is 24.0 Å². The summed E-state index contributed by atoms with van der Waals surface area (Å²) in [6.45, 7) is 3.76. The molecule has 0 atom stereocenters. The van der Waals surface area contributed by atoms with E-state index in [0.29, 0.717) is 0 Å². The maximum Gasteiger partial charge on any atom is 0.123 e. The lowest BCUT2D eigenvalue weighted by atomic mass is 10.2. The van der Waals surface area contributed by atoms with E-state index in [2.05, 4.69) is 54.6 Å². The van der Waals surface area contributed by atoms with Crippen molar-refractivity contribution in [1.29, 1.82) is 0 Å². The molecule has 3 aromatic rings. The minimum absolute atomic E-state index is 0.820. The molecule has 0 aliphatic rings. The van der Waals surface area contributed by atoms with Crippen LogP contribution in [0.4, 0.5) is 0 Å². The second kappa shape index (κ2) is 7.60. The van der Waals surface area contributed by atoms with Crippen molar-refractivity contribution in [2.45, 2.75) is 20.0 Å². The van der Waals surface area contributed by atoms with Gasteiger partial charge in [-0.15, -0.1) is 11.3 Å². The van der Waals surface area contributed by atoms with Crippen molar-refractivity contribution in [3.8, 4) is 16.3 Å². The normalized spacial score (nSPS) is 11.0. The Morgan fingerprint density at radius 3 is 2.54 bits per heavy atom. The second-order valence-electron chi connectivity index (χ2n) is 5.99. The van der Waals surface area contributed by atoms with Crippen LogP contribution in [0.5, 0.6) is 5.75 Å². The van der Waals surface area contributed by atoms with Crippen LogP contribution in [0, 0.1) is 6.92 Å². The molecule has 3 nitrogen and oxygen atoms in total. The van der Waals surface area contributed by atoms with Gasteiger partial charge in [0.1, 0.15) is 10.8 Å². The first kappa shape index (κ1) is 16.7. The van der Waals surface area contributed by atoms with Gasteiger partial charge in [-0.1, -0.05) is 48.0 Å². The fraction of sp³-hybridized carbons (Fsp3) is 0.250. The Bertz CT molecular complexity index is 795. The molecule has 3 rings (SSSR count). The van der Waals surface area contributed by atoms with Crippen LogP contribution < -0.4 is 4.74 Å². The number of aryl methyl sites for hydroxylation is 1. The van der Waals surface area contributed by atoms with Crippen molar-refractivity contribution in [2.24, 2.45) is 0 Å². The Kier molecular flexibility index (Phi) is 5.28. The van der Waals surface area contributed by atoms with Gasteiger partial charge in [0.05, 0.1) is 12.8 Å². The van der Waals surface area contributed by atoms with Crippen molar-refractivity contribution in [3.63, 3.8) is 0 Å². The third kappa shape index (κ3) is 4.02. The minimum atomic E-state index is 0.820. The van der Waals surface area contributed by atoms with Crippen molar-refractivity contribution in [3.05, 3.63) is 70.7 Å². The van der Waals surface area contributed by atoms with Crippen LogP contribution in [0.1, 0.15) is 16.8 Å². The van der Waals surface area contributed by atoms with Gasteiger partial charge in [-0.3, -0.25) is 4.90 Å². The van der Waals surface area contributed by atoms with Gasteiger partial charge in [0.25, 0.3) is 0 Å². The van der Waals surface area contributed by atoms with Gasteiger partial charge in [-0.25, -0.2) is 4.98 Å². The van der Waals surface area contributed by atoms with E-state index in [9.17, 15) is 0 Å². The molecule has 24 heavy (non-hydrogen) atoms. The number of aromatic nitrogens is 1. The number of para-hydroxylation sites is 1. The molecule has 4 heteroatoms. The lowest BCUT2D eigenvalue weighted by molar-refractivity contribution is 0.307. The molecule has 1 heterocycles. The molecule has 0 saturated heterocycles. The zero-order chi connectivity index (χ0) is 16.9. The SMILES string of the molecule is COc1ccccc1CN(C)Cc1csc(-c2ccc(C)cc2)n1. The highest BCUT2D eigenvalue weighted by Gasteiger charge is 2.09. The molecule has 0 unspecified atom stereocenters. The number of methoxy groups -OCH3 is 1. The summed E-state index contributed by atoms with van der Waals surface area (Å²) in [5.74, 6) is 0.933. The van der Waals surface area contributed by atoms with E-state index in [4.69, 9.17) is 9.72 Å². The van der Waals surface area contributed by atoms with Gasteiger partial charge >= 0.3 is 0 Å². The highest BCUT2D eigenvalue weighted by Crippen LogP contribution is 2.25. The van der Waals surface area contributed by atoms with Gasteiger partial charge in [0, 0.05) is 29.6 Å². The number of hydrogen-bond donors (Lipinski definition) is 0. The molecule has 0 spiro atoms. The number of thiazole rings is 1. The third-order valence-electron chi connectivity index (χ3n) is 3.91. The zero-order valence-electron chi connectivity index (χ0n) is 14.3. The van der Waals surface area contributed by atoms with E-state index in [1.165, 1.54) is 16.7 Å². The fourth-order valence-corrected chi connectivity index (χ4v) is 3.48. The highest BCUT2D eigenvalue weighted by atomic mass is 32.1. The molecule has 0 N–H and O–H groups in total. The summed E-state index contributed by atoms with van der Waals surface area (Å²) in [5, 5.41) is 3.23. The molecule has 0 aliphatic heterocycles. The largest absolute Gasteiger partial charge is 0.496 e. The summed E-state index contributed by atoms with van der Waals surface area (Å²) in [7, 11) is 3.82. The van der Waals surface area contributed by atoms with Crippen molar-refractivity contribution in [2.75, 3.05) is 14.2 Å². The third-order valence-corrected chi connectivity index (χ3v) is 4.86. The number of nitrogens with zero attached hydrogens (tertiary/aromatic N) is 2. The summed E-state index contributed by atoms with van der Waals surface area (Å²) in [4.78, 5) is 7.04. The maximum atomic E-state index is 5.43. The average Bonchev–Trinajstić information content (AvgIpc) is 3.04. The first-order valence-electron chi connectivity index (χ1n) is 7.97. The summed E-state index contributed by atoms with van der Waals surface area (Å²) < 4.78 is 5.43. The number of hydrogen-bond acceptors (Lipinski definition) is 4. The van der Waals surface area contributed by atoms with Crippen molar-refractivity contribution >= 4 is 11.3 Å². The van der Waals surface area contributed by atoms with Crippen LogP contribution in [0.3, 0.4) is 0 Å². The molecule has 0 amide bonds. The van der Waals surface area contributed by atoms with Crippen LogP contribution in [0.2, 0.25) is 0 Å². The lowest BCUT2D eigenvalue weighted by Crippen LogP contribution is -2.17. The Morgan fingerprint density at radius 1 is 1.04 bits per heavy atom. The van der Waals surface area contributed by atoms with Crippen molar-refractivity contribution in [1.82, 2.24) is 9.88 Å². The number of benzene rings is 2. The van der Waals surface area contributed by atoms with E-state index < -0.39 is 0 Å². The van der Waals surface area contributed by atoms with Crippen LogP contribution in [0.25, 0.3) is 10.6 Å². The smallest absolute Gasteiger partial charge is 0.123 e. The van der Waals surface area contributed by atoms with Crippen LogP contribution in [0.15, 0.2) is 53.9 Å². The first-order chi connectivity index (χ1) is 11.7. The van der Waals surface area contributed by atoms with E-state index in [0.717, 1.165) is 29.5 Å². The maximum absolute atomic E-state index is 5.43. The quantitative estimate of drug-likeness (QED) is 0.648. The molecule has 0 saturated carbocycles. The topological polar surface area (TPSA) is 25.4 Å². The molecule has 0 bridgehead atoms. The number of rotatable bonds is 6. The van der Waals surface area contributed by atoms with Gasteiger partial charge in [-0.05, 0) is 20.0 Å². The molecule has 0 aliphatic carbocycles. The summed E-state index contributed by atoms with van der Waals surface area (Å²) in [5.41, 5.74) is 4.75. The Balaban J connectivity index is 1.67. The highest BCUT2D eigenvalue weighted by molar-refractivity contribution is 7.13. The predicted molar refractivity (Wildman–Crippen MR) is 100 cm³/mol. The molecular formula is C20H22N2OS. The molecule has 1 aromatic heterocycles. The van der Waals surface area contributed by atoms with E-state index >= 15 is 0 Å². The minimum Gasteiger partial charge on any atom is -0.496 e. The standard InChI is InChI=1S/C20H22N2OS/c1-15-8-10-16(11-9-15)20-21-18(14-24-20)13-22(2)12-17-6-4-5-7-19(17)23-3/h4-11,14H,12-13H2,1-3H3. The molecule has 124 valence electrons. The van der Waals surface area contributed by atoms with Gasteiger partial charge in [0.2, 0.25) is 0 Å². The fourth-order valence-electron chi connectivity index (χ4n) is 2.67. The summed E-state index contributed by atoms with van der Waals surface area (Å²) in [6.07, 6.45) is 0. The Morgan fingerprint density at radius 2 is 1.79 bits per heavy atom. The average molecular weight is 338 g/mol. The van der Waals surface area contributed by atoms with Crippen LogP contribution >= 0.6 is 11.3 Å². The van der Waals surface area contributed by atoms with Gasteiger partial charge in [0.15, 0.2) is 0 Å². The van der Waals surface area contributed by atoms with Gasteiger partial charge in [-0.2, -0.15) is 0 Å².